The zero-order valence-corrected chi connectivity index (χ0v) is 21.9. The number of phosphoric acid groups is 2. The molecule has 0 aromatic carbocycles. The van der Waals surface area contributed by atoms with E-state index in [2.05, 4.69) is 25.3 Å². The molecular formula is C18H30N3O15P2-. The summed E-state index contributed by atoms with van der Waals surface area (Å²) in [7, 11) is -8.31. The van der Waals surface area contributed by atoms with Gasteiger partial charge in [0.2, 0.25) is 0 Å². The van der Waals surface area contributed by atoms with Crippen molar-refractivity contribution in [3.05, 3.63) is 24.7 Å². The molecule has 0 spiro atoms. The standard InChI is InChI=1S/C18H31N3O15P2/c1-8-19-11(23)4-5-21(8)17-16(27)14(25)10(33-17)7-32-37(28,29)36-38(30,31)35-18-15(26)12(20(2)3)13(24)9(6-22)34-18/h4-5,9-10,12-18,22,24-27H,1,6-7H2,2-3H3,(H,19,23)(H,28,29)(H,30,31)/p-1/t9?,10-,12+,13+,14?,15?,16+,17-,18+/m1/s1. The number of hydrogen-bond donors (Lipinski definition) is 7. The SMILES string of the molecule is C=C1NC(=O)C=CN1[C@@H]1O[C@H](COP(=O)(O)OP(=O)([O-])O[C@@H]2OC(CO)[C@H](O)[C@H](N(C)C)C2O)C(O)[C@@H]1O. The van der Waals surface area contributed by atoms with Crippen molar-refractivity contribution in [2.45, 2.75) is 55.2 Å². The van der Waals surface area contributed by atoms with Crippen LogP contribution in [0.15, 0.2) is 24.7 Å². The molecule has 3 aliphatic rings. The molecule has 1 amide bonds. The molecule has 18 nitrogen and oxygen atoms in total. The molecular weight excluding hydrogens is 560 g/mol. The summed E-state index contributed by atoms with van der Waals surface area (Å²) in [6.07, 6.45) is -10.3. The maximum atomic E-state index is 12.3. The van der Waals surface area contributed by atoms with Gasteiger partial charge in [-0.15, -0.1) is 0 Å². The molecule has 0 aliphatic carbocycles. The molecule has 3 aliphatic heterocycles. The first-order chi connectivity index (χ1) is 17.6. The number of nitrogens with zero attached hydrogens (tertiary/aromatic N) is 2. The van der Waals surface area contributed by atoms with Gasteiger partial charge in [-0.3, -0.25) is 18.4 Å². The van der Waals surface area contributed by atoms with E-state index >= 15 is 0 Å². The number of nitrogens with one attached hydrogen (secondary N) is 1. The maximum absolute atomic E-state index is 12.3. The topological polar surface area (TPSA) is 260 Å². The molecule has 0 aromatic rings. The lowest BCUT2D eigenvalue weighted by Crippen LogP contribution is -2.63. The lowest BCUT2D eigenvalue weighted by Gasteiger charge is -2.45. The minimum atomic E-state index is -5.75. The fourth-order valence-corrected chi connectivity index (χ4v) is 6.17. The second-order valence-corrected chi connectivity index (χ2v) is 11.7. The molecule has 218 valence electrons. The average Bonchev–Trinajstić information content (AvgIpc) is 3.07. The Morgan fingerprint density at radius 3 is 2.37 bits per heavy atom. The van der Waals surface area contributed by atoms with Gasteiger partial charge in [0, 0.05) is 12.3 Å². The van der Waals surface area contributed by atoms with Crippen molar-refractivity contribution in [3.8, 4) is 0 Å². The molecule has 2 fully saturated rings. The van der Waals surface area contributed by atoms with Crippen LogP contribution in [0.2, 0.25) is 0 Å². The third kappa shape index (κ3) is 7.06. The van der Waals surface area contributed by atoms with E-state index in [1.54, 1.807) is 0 Å². The van der Waals surface area contributed by atoms with Crippen molar-refractivity contribution < 1.29 is 72.1 Å². The summed E-state index contributed by atoms with van der Waals surface area (Å²) >= 11 is 0. The Balaban J connectivity index is 1.61. The fourth-order valence-electron chi connectivity index (χ4n) is 4.05. The molecule has 7 N–H and O–H groups in total. The van der Waals surface area contributed by atoms with E-state index < -0.39 is 89.9 Å². The van der Waals surface area contributed by atoms with Gasteiger partial charge in [-0.2, -0.15) is 0 Å². The van der Waals surface area contributed by atoms with E-state index in [9.17, 15) is 49.2 Å². The molecule has 0 bridgehead atoms. The number of aliphatic hydroxyl groups excluding tert-OH is 5. The van der Waals surface area contributed by atoms with E-state index in [1.807, 2.05) is 0 Å². The minimum absolute atomic E-state index is 0.00973. The predicted octanol–water partition coefficient (Wildman–Crippen LogP) is -4.16. The number of aliphatic hydroxyl groups is 5. The Labute approximate surface area is 216 Å². The van der Waals surface area contributed by atoms with Crippen LogP contribution in [0.4, 0.5) is 0 Å². The molecule has 38 heavy (non-hydrogen) atoms. The Bertz CT molecular complexity index is 1010. The number of rotatable bonds is 10. The second-order valence-electron chi connectivity index (χ2n) is 8.76. The molecule has 0 radical (unpaired) electrons. The van der Waals surface area contributed by atoms with Crippen molar-refractivity contribution >= 4 is 21.6 Å². The number of hydrogen-bond acceptors (Lipinski definition) is 16. The third-order valence-corrected chi connectivity index (χ3v) is 8.43. The molecule has 20 heteroatoms. The maximum Gasteiger partial charge on any atom is 0.478 e. The summed E-state index contributed by atoms with van der Waals surface area (Å²) in [5.74, 6) is -0.483. The summed E-state index contributed by atoms with van der Waals surface area (Å²) in [5, 5.41) is 52.9. The third-order valence-electron chi connectivity index (χ3n) is 5.86. The highest BCUT2D eigenvalue weighted by Gasteiger charge is 2.49. The number of ether oxygens (including phenoxy) is 2. The highest BCUT2D eigenvalue weighted by molar-refractivity contribution is 7.60. The first kappa shape index (κ1) is 31.2. The summed E-state index contributed by atoms with van der Waals surface area (Å²) in [4.78, 5) is 36.1. The lowest BCUT2D eigenvalue weighted by atomic mass is 9.95. The van der Waals surface area contributed by atoms with Gasteiger partial charge in [0.1, 0.15) is 42.4 Å². The van der Waals surface area contributed by atoms with Gasteiger partial charge in [-0.05, 0) is 14.1 Å². The number of amides is 1. The quantitative estimate of drug-likeness (QED) is 0.119. The Hall–Kier alpha value is -1.31. The van der Waals surface area contributed by atoms with Gasteiger partial charge in [0.05, 0.1) is 19.3 Å². The number of carbonyl (C=O) groups excluding carboxylic acids is 1. The van der Waals surface area contributed by atoms with Crippen molar-refractivity contribution in [1.29, 1.82) is 0 Å². The van der Waals surface area contributed by atoms with E-state index in [1.165, 1.54) is 30.1 Å². The van der Waals surface area contributed by atoms with Gasteiger partial charge in [0.25, 0.3) is 13.7 Å². The zero-order chi connectivity index (χ0) is 28.6. The summed E-state index contributed by atoms with van der Waals surface area (Å²) < 4.78 is 48.4. The van der Waals surface area contributed by atoms with Crippen LogP contribution < -0.4 is 10.2 Å². The smallest absolute Gasteiger partial charge is 0.478 e. The summed E-state index contributed by atoms with van der Waals surface area (Å²) in [6.45, 7) is 1.87. The van der Waals surface area contributed by atoms with E-state index in [0.29, 0.717) is 0 Å². The van der Waals surface area contributed by atoms with Crippen LogP contribution >= 0.6 is 15.6 Å². The van der Waals surface area contributed by atoms with Crippen LogP contribution in [0.3, 0.4) is 0 Å². The number of phosphoric ester groups is 2. The molecule has 3 rings (SSSR count). The molecule has 5 unspecified atom stereocenters. The minimum Gasteiger partial charge on any atom is -0.756 e. The largest absolute Gasteiger partial charge is 0.756 e. The zero-order valence-electron chi connectivity index (χ0n) is 20.1. The van der Waals surface area contributed by atoms with Crippen molar-refractivity contribution in [2.24, 2.45) is 0 Å². The van der Waals surface area contributed by atoms with Crippen LogP contribution in [-0.2, 0) is 36.8 Å². The van der Waals surface area contributed by atoms with E-state index in [-0.39, 0.29) is 5.82 Å². The van der Waals surface area contributed by atoms with Crippen LogP contribution in [0, 0.1) is 0 Å². The highest BCUT2D eigenvalue weighted by atomic mass is 31.3. The van der Waals surface area contributed by atoms with Crippen molar-refractivity contribution in [2.75, 3.05) is 27.3 Å². The van der Waals surface area contributed by atoms with Gasteiger partial charge < -0.3 is 59.9 Å². The second kappa shape index (κ2) is 12.1. The normalized spacial score (nSPS) is 39.2. The fraction of sp³-hybridized carbons (Fsp3) is 0.722. The van der Waals surface area contributed by atoms with Crippen LogP contribution in [0.1, 0.15) is 0 Å². The monoisotopic (exact) mass is 590 g/mol. The average molecular weight is 590 g/mol. The summed E-state index contributed by atoms with van der Waals surface area (Å²) in [6, 6.07) is -1.15. The molecule has 3 heterocycles. The van der Waals surface area contributed by atoms with Gasteiger partial charge in [-0.25, -0.2) is 8.88 Å². The molecule has 11 atom stereocenters. The van der Waals surface area contributed by atoms with Gasteiger partial charge in [-0.1, -0.05) is 6.58 Å². The summed E-state index contributed by atoms with van der Waals surface area (Å²) in [5.41, 5.74) is 0. The molecule has 2 saturated heterocycles. The van der Waals surface area contributed by atoms with Crippen LogP contribution in [0.5, 0.6) is 0 Å². The van der Waals surface area contributed by atoms with E-state index in [4.69, 9.17) is 9.47 Å². The Morgan fingerprint density at radius 2 is 1.79 bits per heavy atom. The number of likely N-dealkylation sites (N-methyl/N-ethyl adjacent to an activating group) is 1. The van der Waals surface area contributed by atoms with Crippen LogP contribution in [0.25, 0.3) is 0 Å². The van der Waals surface area contributed by atoms with Crippen molar-refractivity contribution in [3.63, 3.8) is 0 Å². The predicted molar refractivity (Wildman–Crippen MR) is 120 cm³/mol. The molecule has 0 aromatic heterocycles. The van der Waals surface area contributed by atoms with Gasteiger partial charge in [0.15, 0.2) is 12.5 Å². The van der Waals surface area contributed by atoms with Crippen LogP contribution in [-0.4, -0.2) is 129 Å². The van der Waals surface area contributed by atoms with Crippen molar-refractivity contribution in [1.82, 2.24) is 15.1 Å². The Kier molecular flexibility index (Phi) is 9.90. The highest BCUT2D eigenvalue weighted by Crippen LogP contribution is 2.59. The first-order valence-electron chi connectivity index (χ1n) is 11.0. The van der Waals surface area contributed by atoms with Gasteiger partial charge >= 0.3 is 7.82 Å². The number of carbonyl (C=O) groups is 1. The molecule has 0 saturated carbocycles. The lowest BCUT2D eigenvalue weighted by molar-refractivity contribution is -0.293. The first-order valence-corrected chi connectivity index (χ1v) is 14.0. The van der Waals surface area contributed by atoms with E-state index in [0.717, 1.165) is 6.08 Å². The Morgan fingerprint density at radius 1 is 1.13 bits per heavy atom.